The Morgan fingerprint density at radius 3 is 2.60 bits per heavy atom. The van der Waals surface area contributed by atoms with E-state index in [1.807, 2.05) is 6.07 Å². The molecule has 1 atom stereocenters. The number of nitrogens with zero attached hydrogens (tertiary/aromatic N) is 1. The fourth-order valence-electron chi connectivity index (χ4n) is 2.68. The minimum atomic E-state index is 0. The first-order valence-electron chi connectivity index (χ1n) is 6.90. The van der Waals surface area contributed by atoms with Crippen LogP contribution in [0.25, 0.3) is 0 Å². The number of likely N-dealkylation sites (tertiary alicyclic amines) is 1. The van der Waals surface area contributed by atoms with Crippen molar-refractivity contribution in [3.63, 3.8) is 0 Å². The van der Waals surface area contributed by atoms with Gasteiger partial charge in [0.25, 0.3) is 0 Å². The fourth-order valence-corrected chi connectivity index (χ4v) is 3.05. The van der Waals surface area contributed by atoms with Crippen LogP contribution in [0.3, 0.4) is 0 Å². The Hall–Kier alpha value is -0.290. The predicted molar refractivity (Wildman–Crippen MR) is 89.6 cm³/mol. The lowest BCUT2D eigenvalue weighted by Gasteiger charge is -2.33. The molecule has 0 aliphatic carbocycles. The number of benzene rings is 1. The Balaban J connectivity index is 0.00000200. The van der Waals surface area contributed by atoms with Crippen molar-refractivity contribution in [2.75, 3.05) is 20.2 Å². The molecule has 0 spiro atoms. The summed E-state index contributed by atoms with van der Waals surface area (Å²) in [6.07, 6.45) is 2.42. The standard InChI is InChI=1S/C15H23BrN2O.ClH/c1-11(17)12-5-7-18(8-6-12)10-13-9-14(19-2)3-4-15(13)16;/h3-4,9,11-12H,5-8,10,17H2,1-2H3;1H. The maximum absolute atomic E-state index is 5.98. The summed E-state index contributed by atoms with van der Waals surface area (Å²) in [5.41, 5.74) is 7.27. The van der Waals surface area contributed by atoms with Crippen LogP contribution in [0.15, 0.2) is 22.7 Å². The zero-order valence-corrected chi connectivity index (χ0v) is 14.5. The third-order valence-electron chi connectivity index (χ3n) is 4.02. The van der Waals surface area contributed by atoms with Gasteiger partial charge in [-0.05, 0) is 62.5 Å². The third-order valence-corrected chi connectivity index (χ3v) is 4.80. The number of piperidine rings is 1. The Morgan fingerprint density at radius 2 is 2.05 bits per heavy atom. The number of nitrogens with two attached hydrogens (primary N) is 1. The number of hydrogen-bond acceptors (Lipinski definition) is 3. The van der Waals surface area contributed by atoms with Crippen LogP contribution in [-0.4, -0.2) is 31.1 Å². The molecule has 0 bridgehead atoms. The summed E-state index contributed by atoms with van der Waals surface area (Å²) in [6, 6.07) is 6.48. The lowest BCUT2D eigenvalue weighted by atomic mass is 9.91. The summed E-state index contributed by atoms with van der Waals surface area (Å²) in [6.45, 7) is 5.37. The van der Waals surface area contributed by atoms with Crippen LogP contribution >= 0.6 is 28.3 Å². The molecule has 2 N–H and O–H groups in total. The highest BCUT2D eigenvalue weighted by atomic mass is 79.9. The van der Waals surface area contributed by atoms with E-state index in [-0.39, 0.29) is 12.4 Å². The van der Waals surface area contributed by atoms with E-state index in [0.717, 1.165) is 29.9 Å². The minimum Gasteiger partial charge on any atom is -0.497 e. The van der Waals surface area contributed by atoms with Gasteiger partial charge in [0.15, 0.2) is 0 Å². The van der Waals surface area contributed by atoms with Gasteiger partial charge >= 0.3 is 0 Å². The van der Waals surface area contributed by atoms with Gasteiger partial charge in [0.05, 0.1) is 7.11 Å². The highest BCUT2D eigenvalue weighted by Crippen LogP contribution is 2.26. The normalized spacial score (nSPS) is 18.4. The van der Waals surface area contributed by atoms with Crippen molar-refractivity contribution in [1.29, 1.82) is 0 Å². The second-order valence-electron chi connectivity index (χ2n) is 5.43. The van der Waals surface area contributed by atoms with E-state index in [9.17, 15) is 0 Å². The van der Waals surface area contributed by atoms with E-state index in [1.165, 1.54) is 18.4 Å². The van der Waals surface area contributed by atoms with Gasteiger partial charge in [-0.25, -0.2) is 0 Å². The van der Waals surface area contributed by atoms with Crippen molar-refractivity contribution in [1.82, 2.24) is 4.90 Å². The van der Waals surface area contributed by atoms with Gasteiger partial charge < -0.3 is 10.5 Å². The van der Waals surface area contributed by atoms with Gasteiger partial charge in [0.1, 0.15) is 5.75 Å². The van der Waals surface area contributed by atoms with Crippen LogP contribution in [0.2, 0.25) is 0 Å². The molecule has 5 heteroatoms. The minimum absolute atomic E-state index is 0. The molecule has 1 aliphatic rings. The van der Waals surface area contributed by atoms with Crippen molar-refractivity contribution >= 4 is 28.3 Å². The van der Waals surface area contributed by atoms with Gasteiger partial charge in [-0.15, -0.1) is 12.4 Å². The summed E-state index contributed by atoms with van der Waals surface area (Å²) in [5, 5.41) is 0. The molecule has 20 heavy (non-hydrogen) atoms. The number of ether oxygens (including phenoxy) is 1. The highest BCUT2D eigenvalue weighted by molar-refractivity contribution is 9.10. The molecule has 2 rings (SSSR count). The monoisotopic (exact) mass is 362 g/mol. The van der Waals surface area contributed by atoms with Gasteiger partial charge in [-0.2, -0.15) is 0 Å². The summed E-state index contributed by atoms with van der Waals surface area (Å²) in [7, 11) is 1.71. The SMILES string of the molecule is COc1ccc(Br)c(CN2CCC(C(C)N)CC2)c1.Cl. The lowest BCUT2D eigenvalue weighted by molar-refractivity contribution is 0.165. The molecule has 0 radical (unpaired) electrons. The highest BCUT2D eigenvalue weighted by Gasteiger charge is 2.22. The molecule has 0 amide bonds. The van der Waals surface area contributed by atoms with E-state index in [4.69, 9.17) is 10.5 Å². The molecule has 1 aliphatic heterocycles. The zero-order chi connectivity index (χ0) is 13.8. The van der Waals surface area contributed by atoms with Gasteiger partial charge in [-0.1, -0.05) is 15.9 Å². The Kier molecular flexibility index (Phi) is 7.30. The molecule has 1 fully saturated rings. The Morgan fingerprint density at radius 1 is 1.40 bits per heavy atom. The molecular formula is C15H24BrClN2O. The van der Waals surface area contributed by atoms with Gasteiger partial charge in [-0.3, -0.25) is 4.90 Å². The van der Waals surface area contributed by atoms with E-state index in [0.29, 0.717) is 12.0 Å². The first kappa shape index (κ1) is 17.8. The number of rotatable bonds is 4. The quantitative estimate of drug-likeness (QED) is 0.890. The Labute approximate surface area is 136 Å². The molecule has 1 unspecified atom stereocenters. The van der Waals surface area contributed by atoms with E-state index in [2.05, 4.69) is 39.9 Å². The molecule has 1 aromatic carbocycles. The van der Waals surface area contributed by atoms with E-state index in [1.54, 1.807) is 7.11 Å². The third kappa shape index (κ3) is 4.62. The van der Waals surface area contributed by atoms with Crippen molar-refractivity contribution in [3.8, 4) is 5.75 Å². The molecule has 1 heterocycles. The second-order valence-corrected chi connectivity index (χ2v) is 6.28. The second kappa shape index (κ2) is 8.23. The van der Waals surface area contributed by atoms with Crippen LogP contribution in [0.1, 0.15) is 25.3 Å². The largest absolute Gasteiger partial charge is 0.497 e. The molecule has 1 saturated heterocycles. The number of methoxy groups -OCH3 is 1. The van der Waals surface area contributed by atoms with Crippen LogP contribution in [0, 0.1) is 5.92 Å². The first-order chi connectivity index (χ1) is 9.10. The first-order valence-corrected chi connectivity index (χ1v) is 7.70. The van der Waals surface area contributed by atoms with Crippen LogP contribution in [-0.2, 0) is 6.54 Å². The van der Waals surface area contributed by atoms with Crippen molar-refractivity contribution in [2.45, 2.75) is 32.4 Å². The topological polar surface area (TPSA) is 38.5 Å². The van der Waals surface area contributed by atoms with Crippen LogP contribution in [0.5, 0.6) is 5.75 Å². The zero-order valence-electron chi connectivity index (χ0n) is 12.1. The van der Waals surface area contributed by atoms with Crippen molar-refractivity contribution in [3.05, 3.63) is 28.2 Å². The molecule has 114 valence electrons. The van der Waals surface area contributed by atoms with E-state index >= 15 is 0 Å². The predicted octanol–water partition coefficient (Wildman–Crippen LogP) is 3.44. The Bertz CT molecular complexity index is 420. The molecule has 0 saturated carbocycles. The summed E-state index contributed by atoms with van der Waals surface area (Å²) in [4.78, 5) is 2.50. The molecule has 0 aromatic heterocycles. The van der Waals surface area contributed by atoms with E-state index < -0.39 is 0 Å². The summed E-state index contributed by atoms with van der Waals surface area (Å²) < 4.78 is 6.45. The number of hydrogen-bond donors (Lipinski definition) is 1. The van der Waals surface area contributed by atoms with Crippen molar-refractivity contribution < 1.29 is 4.74 Å². The summed E-state index contributed by atoms with van der Waals surface area (Å²) >= 11 is 3.62. The summed E-state index contributed by atoms with van der Waals surface area (Å²) in [5.74, 6) is 1.61. The smallest absolute Gasteiger partial charge is 0.119 e. The van der Waals surface area contributed by atoms with Crippen LogP contribution in [0.4, 0.5) is 0 Å². The number of halogens is 2. The van der Waals surface area contributed by atoms with Gasteiger partial charge in [0, 0.05) is 17.1 Å². The average molecular weight is 364 g/mol. The van der Waals surface area contributed by atoms with Crippen molar-refractivity contribution in [2.24, 2.45) is 11.7 Å². The lowest BCUT2D eigenvalue weighted by Crippen LogP contribution is -2.39. The van der Waals surface area contributed by atoms with Crippen LogP contribution < -0.4 is 10.5 Å². The van der Waals surface area contributed by atoms with Gasteiger partial charge in [0.2, 0.25) is 0 Å². The fraction of sp³-hybridized carbons (Fsp3) is 0.600. The molecule has 3 nitrogen and oxygen atoms in total. The molecule has 1 aromatic rings. The molecular weight excluding hydrogens is 340 g/mol. The average Bonchev–Trinajstić information content (AvgIpc) is 2.42. The maximum atomic E-state index is 5.98. The maximum Gasteiger partial charge on any atom is 0.119 e.